The standard InChI is InChI=1S/C16H26N4/c1-10-18-14(20(3)19-10)15(2,17)16-7-11-4-12(8-16)6-13(5-11)9-16/h11-13H,4-9,17H2,1-3H3. The van der Waals surface area contributed by atoms with Crippen LogP contribution in [-0.4, -0.2) is 14.8 Å². The van der Waals surface area contributed by atoms with Gasteiger partial charge in [-0.1, -0.05) is 0 Å². The van der Waals surface area contributed by atoms with Gasteiger partial charge in [-0.3, -0.25) is 4.68 Å². The van der Waals surface area contributed by atoms with E-state index in [0.717, 1.165) is 29.4 Å². The molecule has 0 spiro atoms. The Labute approximate surface area is 121 Å². The average molecular weight is 274 g/mol. The molecule has 110 valence electrons. The summed E-state index contributed by atoms with van der Waals surface area (Å²) in [5.41, 5.74) is 6.84. The molecule has 2 N–H and O–H groups in total. The van der Waals surface area contributed by atoms with Gasteiger partial charge in [-0.05, 0) is 75.5 Å². The number of hydrogen-bond acceptors (Lipinski definition) is 3. The van der Waals surface area contributed by atoms with Crippen molar-refractivity contribution in [3.8, 4) is 0 Å². The van der Waals surface area contributed by atoms with Crippen molar-refractivity contribution in [1.82, 2.24) is 14.8 Å². The van der Waals surface area contributed by atoms with Gasteiger partial charge in [-0.2, -0.15) is 5.10 Å². The normalized spacial score (nSPS) is 41.9. The minimum absolute atomic E-state index is 0.259. The summed E-state index contributed by atoms with van der Waals surface area (Å²) < 4.78 is 1.91. The molecule has 5 rings (SSSR count). The molecule has 1 atom stereocenters. The topological polar surface area (TPSA) is 56.7 Å². The smallest absolute Gasteiger partial charge is 0.147 e. The van der Waals surface area contributed by atoms with Gasteiger partial charge in [0.15, 0.2) is 0 Å². The molecule has 4 aliphatic rings. The van der Waals surface area contributed by atoms with Crippen molar-refractivity contribution in [2.24, 2.45) is 36.0 Å². The van der Waals surface area contributed by atoms with Crippen LogP contribution in [0.4, 0.5) is 0 Å². The van der Waals surface area contributed by atoms with E-state index in [0.29, 0.717) is 0 Å². The SMILES string of the molecule is Cc1nc(C(C)(N)C23CC4CC(CC(C4)C2)C3)n(C)n1. The maximum atomic E-state index is 6.93. The summed E-state index contributed by atoms with van der Waals surface area (Å²) in [7, 11) is 1.99. The molecule has 4 heteroatoms. The highest BCUT2D eigenvalue weighted by Gasteiger charge is 2.59. The van der Waals surface area contributed by atoms with Gasteiger partial charge in [0.25, 0.3) is 0 Å². The third kappa shape index (κ3) is 1.57. The maximum Gasteiger partial charge on any atom is 0.147 e. The monoisotopic (exact) mass is 274 g/mol. The first kappa shape index (κ1) is 12.8. The van der Waals surface area contributed by atoms with E-state index >= 15 is 0 Å². The van der Waals surface area contributed by atoms with Crippen LogP contribution in [0.3, 0.4) is 0 Å². The predicted molar refractivity (Wildman–Crippen MR) is 77.9 cm³/mol. The molecule has 0 aliphatic heterocycles. The van der Waals surface area contributed by atoms with Gasteiger partial charge in [-0.25, -0.2) is 4.98 Å². The van der Waals surface area contributed by atoms with Gasteiger partial charge in [0.2, 0.25) is 0 Å². The Morgan fingerprint density at radius 2 is 1.65 bits per heavy atom. The largest absolute Gasteiger partial charge is 0.319 e. The van der Waals surface area contributed by atoms with Crippen LogP contribution in [0.2, 0.25) is 0 Å². The van der Waals surface area contributed by atoms with Gasteiger partial charge < -0.3 is 5.73 Å². The van der Waals surface area contributed by atoms with Gasteiger partial charge in [0.05, 0.1) is 5.54 Å². The summed E-state index contributed by atoms with van der Waals surface area (Å²) in [5.74, 6) is 4.57. The molecule has 1 aromatic heterocycles. The Morgan fingerprint density at radius 1 is 1.15 bits per heavy atom. The minimum Gasteiger partial charge on any atom is -0.319 e. The number of nitrogens with zero attached hydrogens (tertiary/aromatic N) is 3. The van der Waals surface area contributed by atoms with E-state index in [9.17, 15) is 0 Å². The maximum absolute atomic E-state index is 6.93. The quantitative estimate of drug-likeness (QED) is 0.901. The van der Waals surface area contributed by atoms with E-state index in [4.69, 9.17) is 5.73 Å². The number of hydrogen-bond donors (Lipinski definition) is 1. The lowest BCUT2D eigenvalue weighted by molar-refractivity contribution is -0.0982. The fourth-order valence-electron chi connectivity index (χ4n) is 5.95. The molecule has 20 heavy (non-hydrogen) atoms. The van der Waals surface area contributed by atoms with Crippen LogP contribution >= 0.6 is 0 Å². The highest BCUT2D eigenvalue weighted by Crippen LogP contribution is 2.64. The first-order valence-electron chi connectivity index (χ1n) is 8.07. The summed E-state index contributed by atoms with van der Waals surface area (Å²) in [6, 6.07) is 0. The van der Waals surface area contributed by atoms with Crippen molar-refractivity contribution in [1.29, 1.82) is 0 Å². The van der Waals surface area contributed by atoms with Crippen LogP contribution in [0.5, 0.6) is 0 Å². The van der Waals surface area contributed by atoms with E-state index in [1.165, 1.54) is 38.5 Å². The molecule has 4 bridgehead atoms. The fraction of sp³-hybridized carbons (Fsp3) is 0.875. The van der Waals surface area contributed by atoms with E-state index in [2.05, 4.69) is 17.0 Å². The van der Waals surface area contributed by atoms with Gasteiger partial charge in [0, 0.05) is 7.05 Å². The van der Waals surface area contributed by atoms with Crippen molar-refractivity contribution >= 4 is 0 Å². The average Bonchev–Trinajstić information content (AvgIpc) is 2.67. The van der Waals surface area contributed by atoms with Crippen molar-refractivity contribution in [3.63, 3.8) is 0 Å². The Morgan fingerprint density at radius 3 is 2.05 bits per heavy atom. The Bertz CT molecular complexity index is 507. The molecule has 1 heterocycles. The molecule has 0 amide bonds. The molecular weight excluding hydrogens is 248 g/mol. The Hall–Kier alpha value is -0.900. The highest BCUT2D eigenvalue weighted by atomic mass is 15.3. The van der Waals surface area contributed by atoms with Gasteiger partial charge in [-0.15, -0.1) is 0 Å². The third-order valence-electron chi connectivity index (χ3n) is 6.47. The summed E-state index contributed by atoms with van der Waals surface area (Å²) >= 11 is 0. The van der Waals surface area contributed by atoms with Crippen LogP contribution in [0.1, 0.15) is 57.1 Å². The molecule has 4 aliphatic carbocycles. The zero-order chi connectivity index (χ0) is 14.1. The Kier molecular flexibility index (Phi) is 2.46. The lowest BCUT2D eigenvalue weighted by atomic mass is 9.45. The number of nitrogens with two attached hydrogens (primary N) is 1. The van der Waals surface area contributed by atoms with Gasteiger partial charge in [0.1, 0.15) is 11.6 Å². The molecule has 1 unspecified atom stereocenters. The fourth-order valence-corrected chi connectivity index (χ4v) is 5.95. The van der Waals surface area contributed by atoms with Crippen LogP contribution in [-0.2, 0) is 12.6 Å². The third-order valence-corrected chi connectivity index (χ3v) is 6.47. The minimum atomic E-state index is -0.348. The van der Waals surface area contributed by atoms with Crippen LogP contribution in [0.15, 0.2) is 0 Å². The van der Waals surface area contributed by atoms with E-state index in [1.807, 2.05) is 18.7 Å². The van der Waals surface area contributed by atoms with Crippen LogP contribution < -0.4 is 5.73 Å². The van der Waals surface area contributed by atoms with Crippen molar-refractivity contribution in [3.05, 3.63) is 11.6 Å². The Balaban J connectivity index is 1.77. The van der Waals surface area contributed by atoms with E-state index < -0.39 is 0 Å². The molecule has 0 aromatic carbocycles. The summed E-state index contributed by atoms with van der Waals surface area (Å²) in [6.07, 6.45) is 8.27. The van der Waals surface area contributed by atoms with Crippen LogP contribution in [0, 0.1) is 30.1 Å². The number of aromatic nitrogens is 3. The van der Waals surface area contributed by atoms with Gasteiger partial charge >= 0.3 is 0 Å². The molecule has 4 saturated carbocycles. The first-order valence-corrected chi connectivity index (χ1v) is 8.07. The molecule has 0 saturated heterocycles. The van der Waals surface area contributed by atoms with Crippen molar-refractivity contribution < 1.29 is 0 Å². The van der Waals surface area contributed by atoms with E-state index in [-0.39, 0.29) is 11.0 Å². The number of rotatable bonds is 2. The molecule has 4 fully saturated rings. The molecular formula is C16H26N4. The zero-order valence-corrected chi connectivity index (χ0v) is 12.9. The zero-order valence-electron chi connectivity index (χ0n) is 12.9. The lowest BCUT2D eigenvalue weighted by Gasteiger charge is -2.61. The second kappa shape index (κ2) is 3.85. The summed E-state index contributed by atoms with van der Waals surface area (Å²) in [5, 5.41) is 4.43. The summed E-state index contributed by atoms with van der Waals surface area (Å²) in [4.78, 5) is 4.67. The second-order valence-corrected chi connectivity index (χ2v) is 8.01. The van der Waals surface area contributed by atoms with Crippen LogP contribution in [0.25, 0.3) is 0 Å². The lowest BCUT2D eigenvalue weighted by Crippen LogP contribution is -2.60. The molecule has 4 nitrogen and oxygen atoms in total. The number of aryl methyl sites for hydroxylation is 2. The predicted octanol–water partition coefficient (Wildman–Crippen LogP) is 2.51. The van der Waals surface area contributed by atoms with Crippen molar-refractivity contribution in [2.45, 2.75) is 57.9 Å². The second-order valence-electron chi connectivity index (χ2n) is 8.01. The van der Waals surface area contributed by atoms with Crippen molar-refractivity contribution in [2.75, 3.05) is 0 Å². The van der Waals surface area contributed by atoms with E-state index in [1.54, 1.807) is 0 Å². The summed E-state index contributed by atoms with van der Waals surface area (Å²) in [6.45, 7) is 4.17. The molecule has 1 aromatic rings. The molecule has 0 radical (unpaired) electrons. The first-order chi connectivity index (χ1) is 9.39. The highest BCUT2D eigenvalue weighted by molar-refractivity contribution is 5.18.